The highest BCUT2D eigenvalue weighted by Gasteiger charge is 2.48. The van der Waals surface area contributed by atoms with Crippen LogP contribution in [-0.4, -0.2) is 31.2 Å². The highest BCUT2D eigenvalue weighted by atomic mass is 16.2. The largest absolute Gasteiger partial charge is 0.336 e. The molecule has 6 nitrogen and oxygen atoms in total. The molecule has 4 bridgehead atoms. The summed E-state index contributed by atoms with van der Waals surface area (Å²) < 4.78 is 0. The van der Waals surface area contributed by atoms with Gasteiger partial charge in [0.05, 0.1) is 0 Å². The van der Waals surface area contributed by atoms with Gasteiger partial charge in [-0.2, -0.15) is 0 Å². The van der Waals surface area contributed by atoms with Crippen LogP contribution in [0.1, 0.15) is 32.1 Å². The average Bonchev–Trinajstić information content (AvgIpc) is 3.04. The van der Waals surface area contributed by atoms with Gasteiger partial charge in [0.2, 0.25) is 0 Å². The third-order valence-corrected chi connectivity index (χ3v) is 6.80. The second kappa shape index (κ2) is 6.18. The first-order chi connectivity index (χ1) is 12.7. The van der Waals surface area contributed by atoms with Gasteiger partial charge >= 0.3 is 12.1 Å². The van der Waals surface area contributed by atoms with Gasteiger partial charge in [-0.05, 0) is 74.0 Å². The number of hydrogen-bond donors (Lipinski definition) is 3. The average molecular weight is 354 g/mol. The van der Waals surface area contributed by atoms with E-state index in [1.54, 1.807) is 4.90 Å². The summed E-state index contributed by atoms with van der Waals surface area (Å²) in [5.74, 6) is 3.14. The van der Waals surface area contributed by atoms with Crippen LogP contribution in [0.15, 0.2) is 24.3 Å². The first-order valence-electron chi connectivity index (χ1n) is 9.88. The zero-order valence-corrected chi connectivity index (χ0v) is 14.9. The van der Waals surface area contributed by atoms with Crippen LogP contribution in [0.4, 0.5) is 21.0 Å². The molecule has 1 saturated heterocycles. The van der Waals surface area contributed by atoms with Gasteiger partial charge < -0.3 is 16.0 Å². The molecule has 4 aliphatic carbocycles. The van der Waals surface area contributed by atoms with Crippen LogP contribution in [0.3, 0.4) is 0 Å². The summed E-state index contributed by atoms with van der Waals surface area (Å²) in [7, 11) is 0. The number of nitrogens with zero attached hydrogens (tertiary/aromatic N) is 1. The Hall–Kier alpha value is -2.24. The Labute approximate surface area is 153 Å². The van der Waals surface area contributed by atoms with Gasteiger partial charge in [0, 0.05) is 30.5 Å². The fourth-order valence-corrected chi connectivity index (χ4v) is 5.95. The molecule has 3 N–H and O–H groups in total. The zero-order valence-electron chi connectivity index (χ0n) is 14.9. The molecule has 0 unspecified atom stereocenters. The third kappa shape index (κ3) is 2.81. The molecule has 0 atom stereocenters. The Kier molecular flexibility index (Phi) is 3.80. The van der Waals surface area contributed by atoms with Crippen LogP contribution in [0, 0.1) is 23.7 Å². The van der Waals surface area contributed by atoms with Crippen molar-refractivity contribution in [1.29, 1.82) is 0 Å². The lowest BCUT2D eigenvalue weighted by molar-refractivity contribution is -0.00883. The van der Waals surface area contributed by atoms with Crippen LogP contribution in [0.2, 0.25) is 0 Å². The van der Waals surface area contributed by atoms with E-state index in [-0.39, 0.29) is 12.1 Å². The van der Waals surface area contributed by atoms with Crippen molar-refractivity contribution in [3.8, 4) is 0 Å². The predicted octanol–water partition coefficient (Wildman–Crippen LogP) is 3.16. The van der Waals surface area contributed by atoms with E-state index in [1.807, 2.05) is 24.3 Å². The van der Waals surface area contributed by atoms with Gasteiger partial charge in [-0.15, -0.1) is 0 Å². The summed E-state index contributed by atoms with van der Waals surface area (Å²) in [5.41, 5.74) is 1.54. The quantitative estimate of drug-likeness (QED) is 0.780. The lowest BCUT2D eigenvalue weighted by atomic mass is 9.54. The number of carbonyl (C=O) groups excluding carboxylic acids is 2. The molecule has 1 aromatic carbocycles. The smallest absolute Gasteiger partial charge is 0.321 e. The van der Waals surface area contributed by atoms with Crippen LogP contribution in [0.25, 0.3) is 0 Å². The number of urea groups is 2. The van der Waals surface area contributed by atoms with Crippen LogP contribution >= 0.6 is 0 Å². The molecule has 4 amide bonds. The molecule has 5 fully saturated rings. The highest BCUT2D eigenvalue weighted by Crippen LogP contribution is 2.53. The Bertz CT molecular complexity index is 706. The molecule has 1 heterocycles. The number of amides is 4. The Morgan fingerprint density at radius 3 is 2.46 bits per heavy atom. The standard InChI is InChI=1S/C20H26N4O2/c25-19(23-18-14-7-12-6-13(9-14)10-15(18)8-12)22-16-2-1-3-17(11-16)24-5-4-21-20(24)26/h1-3,11-15,18H,4-10H2,(H,21,26)(H2,22,23,25). The van der Waals surface area contributed by atoms with Crippen molar-refractivity contribution >= 4 is 23.4 Å². The second-order valence-corrected chi connectivity index (χ2v) is 8.49. The van der Waals surface area contributed by atoms with Crippen molar-refractivity contribution in [3.63, 3.8) is 0 Å². The van der Waals surface area contributed by atoms with E-state index in [0.717, 1.165) is 23.2 Å². The number of carbonyl (C=O) groups is 2. The van der Waals surface area contributed by atoms with E-state index in [0.29, 0.717) is 31.0 Å². The van der Waals surface area contributed by atoms with Crippen molar-refractivity contribution in [1.82, 2.24) is 10.6 Å². The minimum atomic E-state index is -0.120. The van der Waals surface area contributed by atoms with Gasteiger partial charge in [0.15, 0.2) is 0 Å². The van der Waals surface area contributed by atoms with E-state index in [4.69, 9.17) is 0 Å². The number of benzene rings is 1. The molecule has 1 aromatic rings. The van der Waals surface area contributed by atoms with Crippen LogP contribution < -0.4 is 20.9 Å². The number of rotatable bonds is 3. The Morgan fingerprint density at radius 2 is 1.81 bits per heavy atom. The molecule has 0 spiro atoms. The SMILES string of the molecule is O=C(Nc1cccc(N2CCNC2=O)c1)NC1C2CC3CC(C2)CC1C3. The summed E-state index contributed by atoms with van der Waals surface area (Å²) >= 11 is 0. The summed E-state index contributed by atoms with van der Waals surface area (Å²) in [6.07, 6.45) is 6.58. The summed E-state index contributed by atoms with van der Waals surface area (Å²) in [4.78, 5) is 26.1. The maximum absolute atomic E-state index is 12.6. The van der Waals surface area contributed by atoms with Crippen molar-refractivity contribution in [2.24, 2.45) is 23.7 Å². The summed E-state index contributed by atoms with van der Waals surface area (Å²) in [5, 5.41) is 9.04. The van der Waals surface area contributed by atoms with Gasteiger partial charge in [-0.3, -0.25) is 4.90 Å². The molecule has 4 saturated carbocycles. The van der Waals surface area contributed by atoms with Crippen molar-refractivity contribution in [2.75, 3.05) is 23.3 Å². The molecule has 6 heteroatoms. The van der Waals surface area contributed by atoms with Gasteiger partial charge in [-0.1, -0.05) is 6.07 Å². The number of hydrogen-bond acceptors (Lipinski definition) is 2. The minimum Gasteiger partial charge on any atom is -0.336 e. The molecule has 5 aliphatic rings. The lowest BCUT2D eigenvalue weighted by Gasteiger charge is -2.54. The number of nitrogens with one attached hydrogen (secondary N) is 3. The van der Waals surface area contributed by atoms with Crippen molar-refractivity contribution < 1.29 is 9.59 Å². The Balaban J connectivity index is 1.24. The molecular weight excluding hydrogens is 328 g/mol. The third-order valence-electron chi connectivity index (χ3n) is 6.80. The molecule has 0 radical (unpaired) electrons. The molecule has 6 rings (SSSR count). The second-order valence-electron chi connectivity index (χ2n) is 8.49. The molecule has 138 valence electrons. The van der Waals surface area contributed by atoms with Gasteiger partial charge in [0.1, 0.15) is 0 Å². The van der Waals surface area contributed by atoms with E-state index in [1.165, 1.54) is 32.1 Å². The van der Waals surface area contributed by atoms with Crippen LogP contribution in [-0.2, 0) is 0 Å². The maximum Gasteiger partial charge on any atom is 0.321 e. The number of anilines is 2. The normalized spacial score (nSPS) is 34.7. The fraction of sp³-hybridized carbons (Fsp3) is 0.600. The first kappa shape index (κ1) is 16.0. The summed E-state index contributed by atoms with van der Waals surface area (Å²) in [6, 6.07) is 7.63. The van der Waals surface area contributed by atoms with E-state index in [2.05, 4.69) is 16.0 Å². The topological polar surface area (TPSA) is 73.5 Å². The first-order valence-corrected chi connectivity index (χ1v) is 9.88. The van der Waals surface area contributed by atoms with E-state index >= 15 is 0 Å². The maximum atomic E-state index is 12.6. The van der Waals surface area contributed by atoms with Crippen LogP contribution in [0.5, 0.6) is 0 Å². The monoisotopic (exact) mass is 354 g/mol. The summed E-state index contributed by atoms with van der Waals surface area (Å²) in [6.45, 7) is 1.31. The van der Waals surface area contributed by atoms with Gasteiger partial charge in [-0.25, -0.2) is 9.59 Å². The molecule has 0 aromatic heterocycles. The van der Waals surface area contributed by atoms with Gasteiger partial charge in [0.25, 0.3) is 0 Å². The van der Waals surface area contributed by atoms with Crippen molar-refractivity contribution in [3.05, 3.63) is 24.3 Å². The molecular formula is C20H26N4O2. The minimum absolute atomic E-state index is 0.0832. The molecule has 26 heavy (non-hydrogen) atoms. The predicted molar refractivity (Wildman–Crippen MR) is 100 cm³/mol. The van der Waals surface area contributed by atoms with Crippen molar-refractivity contribution in [2.45, 2.75) is 38.1 Å². The lowest BCUT2D eigenvalue weighted by Crippen LogP contribution is -2.56. The zero-order chi connectivity index (χ0) is 17.7. The fourth-order valence-electron chi connectivity index (χ4n) is 5.95. The highest BCUT2D eigenvalue weighted by molar-refractivity contribution is 5.95. The molecule has 1 aliphatic heterocycles. The van der Waals surface area contributed by atoms with E-state index < -0.39 is 0 Å². The Morgan fingerprint density at radius 1 is 1.08 bits per heavy atom. The van der Waals surface area contributed by atoms with E-state index in [9.17, 15) is 9.59 Å².